The van der Waals surface area contributed by atoms with E-state index in [0.717, 1.165) is 44.5 Å². The number of nitrogens with one attached hydrogen (secondary N) is 1. The maximum atomic E-state index is 15.3. The Morgan fingerprint density at radius 1 is 1.10 bits per heavy atom. The third-order valence-electron chi connectivity index (χ3n) is 9.43. The van der Waals surface area contributed by atoms with E-state index in [4.69, 9.17) is 11.6 Å². The number of hydrogen-bond donors (Lipinski definition) is 2. The van der Waals surface area contributed by atoms with E-state index < -0.39 is 52.5 Å². The van der Waals surface area contributed by atoms with Crippen molar-refractivity contribution in [2.45, 2.75) is 58.2 Å². The van der Waals surface area contributed by atoms with Gasteiger partial charge in [0.15, 0.2) is 17.9 Å². The molecule has 1 aromatic carbocycles. The number of rotatable bonds is 8. The summed E-state index contributed by atoms with van der Waals surface area (Å²) in [6.45, 7) is 5.22. The van der Waals surface area contributed by atoms with Crippen LogP contribution in [0.2, 0.25) is 5.02 Å². The highest BCUT2D eigenvalue weighted by atomic mass is 35.5. The Hall–Kier alpha value is -4.43. The van der Waals surface area contributed by atoms with Gasteiger partial charge in [-0.2, -0.15) is 8.78 Å². The number of fused-ring (bicyclic) bond motifs is 2. The van der Waals surface area contributed by atoms with Gasteiger partial charge in [0.05, 0.1) is 16.6 Å². The van der Waals surface area contributed by atoms with Crippen molar-refractivity contribution in [3.8, 4) is 16.9 Å². The zero-order valence-corrected chi connectivity index (χ0v) is 26.9. The quantitative estimate of drug-likeness (QED) is 0.202. The van der Waals surface area contributed by atoms with Crippen molar-refractivity contribution in [3.05, 3.63) is 62.7 Å². The van der Waals surface area contributed by atoms with Crippen LogP contribution in [0.4, 0.5) is 24.7 Å². The summed E-state index contributed by atoms with van der Waals surface area (Å²) in [5.74, 6) is -4.33. The first kappa shape index (κ1) is 32.1. The number of pyridine rings is 1. The predicted molar refractivity (Wildman–Crippen MR) is 173 cm³/mol. The average molecular weight is 684 g/mol. The van der Waals surface area contributed by atoms with E-state index in [1.807, 2.05) is 11.8 Å². The van der Waals surface area contributed by atoms with Gasteiger partial charge < -0.3 is 19.9 Å². The molecule has 2 aliphatic heterocycles. The van der Waals surface area contributed by atoms with Gasteiger partial charge in [0.2, 0.25) is 17.7 Å². The lowest BCUT2D eigenvalue weighted by molar-refractivity contribution is -0.116. The number of amides is 1. The normalized spacial score (nSPS) is 18.3. The lowest BCUT2D eigenvalue weighted by Gasteiger charge is -2.40. The Balaban J connectivity index is 1.22. The molecule has 0 spiro atoms. The van der Waals surface area contributed by atoms with Crippen LogP contribution in [0.25, 0.3) is 22.2 Å². The molecule has 1 unspecified atom stereocenters. The molecule has 15 heteroatoms. The fourth-order valence-electron chi connectivity index (χ4n) is 6.81. The predicted octanol–water partition coefficient (Wildman–Crippen LogP) is 4.74. The standard InChI is InChI=1S/C33H33ClF3N7O4/c1-17-12-41(13-18-5-6-18)8-9-43(17)24-11-22(27(34)31(37)39-24)38-25(46)15-42-14-21(20-10-19(16-45)30(47)29(36)28(20)35)26-32(42)40-23-4-2-3-7-44(23)33(26)48/h10-11,14,16-18,47H,2-9,12-13,15H2,1H3,(H,38,39,46). The molecule has 0 radical (unpaired) electrons. The molecule has 7 rings (SSSR count). The Morgan fingerprint density at radius 3 is 2.62 bits per heavy atom. The third-order valence-corrected chi connectivity index (χ3v) is 9.79. The molecule has 11 nitrogen and oxygen atoms in total. The van der Waals surface area contributed by atoms with Crippen molar-refractivity contribution in [1.82, 2.24) is 24.0 Å². The maximum absolute atomic E-state index is 15.3. The number of halogens is 4. The highest BCUT2D eigenvalue weighted by molar-refractivity contribution is 6.33. The zero-order valence-electron chi connectivity index (χ0n) is 26.1. The summed E-state index contributed by atoms with van der Waals surface area (Å²) in [6, 6.07) is 2.50. The van der Waals surface area contributed by atoms with Crippen molar-refractivity contribution in [1.29, 1.82) is 0 Å². The fraction of sp³-hybridized carbons (Fsp3) is 0.424. The molecule has 2 fully saturated rings. The van der Waals surface area contributed by atoms with E-state index >= 15 is 8.78 Å². The summed E-state index contributed by atoms with van der Waals surface area (Å²) in [6.07, 6.45) is 5.95. The second-order valence-electron chi connectivity index (χ2n) is 12.8. The van der Waals surface area contributed by atoms with Crippen LogP contribution in [-0.4, -0.2) is 73.5 Å². The molecule has 1 saturated heterocycles. The van der Waals surface area contributed by atoms with Crippen LogP contribution in [0, 0.1) is 23.5 Å². The monoisotopic (exact) mass is 683 g/mol. The molecule has 48 heavy (non-hydrogen) atoms. The summed E-state index contributed by atoms with van der Waals surface area (Å²) < 4.78 is 47.8. The number of phenolic OH excluding ortho intramolecular Hbond substituents is 1. The molecule has 3 aromatic heterocycles. The molecule has 4 aromatic rings. The van der Waals surface area contributed by atoms with Crippen molar-refractivity contribution in [2.24, 2.45) is 5.92 Å². The number of anilines is 2. The molecule has 1 atom stereocenters. The van der Waals surface area contributed by atoms with Crippen LogP contribution in [0.3, 0.4) is 0 Å². The van der Waals surface area contributed by atoms with Crippen LogP contribution in [-0.2, 0) is 24.3 Å². The van der Waals surface area contributed by atoms with Crippen LogP contribution in [0.1, 0.15) is 48.8 Å². The molecular weight excluding hydrogens is 651 g/mol. The van der Waals surface area contributed by atoms with E-state index in [1.165, 1.54) is 34.2 Å². The first-order chi connectivity index (χ1) is 23.0. The van der Waals surface area contributed by atoms with Gasteiger partial charge in [-0.15, -0.1) is 0 Å². The summed E-state index contributed by atoms with van der Waals surface area (Å²) in [5, 5.41) is 12.1. The van der Waals surface area contributed by atoms with Crippen LogP contribution in [0.15, 0.2) is 23.1 Å². The third kappa shape index (κ3) is 5.80. The van der Waals surface area contributed by atoms with E-state index in [9.17, 15) is 23.9 Å². The van der Waals surface area contributed by atoms with Crippen LogP contribution < -0.4 is 15.8 Å². The fourth-order valence-corrected chi connectivity index (χ4v) is 6.95. The number of aryl methyl sites for hydroxylation is 1. The molecule has 5 heterocycles. The number of benzene rings is 1. The highest BCUT2D eigenvalue weighted by Crippen LogP contribution is 2.37. The Labute approximate surface area is 277 Å². The van der Waals surface area contributed by atoms with E-state index in [-0.39, 0.29) is 39.6 Å². The molecule has 0 bridgehead atoms. The van der Waals surface area contributed by atoms with Gasteiger partial charge in [0, 0.05) is 68.6 Å². The maximum Gasteiger partial charge on any atom is 0.263 e. The zero-order chi connectivity index (χ0) is 33.9. The van der Waals surface area contributed by atoms with Gasteiger partial charge in [0.1, 0.15) is 28.9 Å². The van der Waals surface area contributed by atoms with Gasteiger partial charge in [-0.05, 0) is 44.6 Å². The number of aromatic nitrogens is 4. The van der Waals surface area contributed by atoms with Crippen LogP contribution in [0.5, 0.6) is 5.75 Å². The summed E-state index contributed by atoms with van der Waals surface area (Å²) in [5.41, 5.74) is -1.55. The molecule has 252 valence electrons. The number of piperazine rings is 1. The Morgan fingerprint density at radius 2 is 1.90 bits per heavy atom. The molecule has 3 aliphatic rings. The molecule has 1 saturated carbocycles. The number of carbonyl (C=O) groups excluding carboxylic acids is 2. The molecule has 1 aliphatic carbocycles. The number of hydrogen-bond acceptors (Lipinski definition) is 8. The topological polar surface area (TPSA) is 126 Å². The highest BCUT2D eigenvalue weighted by Gasteiger charge is 2.31. The average Bonchev–Trinajstić information content (AvgIpc) is 3.82. The lowest BCUT2D eigenvalue weighted by atomic mass is 10.0. The second-order valence-corrected chi connectivity index (χ2v) is 13.2. The van der Waals surface area contributed by atoms with Gasteiger partial charge >= 0.3 is 0 Å². The molecular formula is C33H33ClF3N7O4. The van der Waals surface area contributed by atoms with Crippen LogP contribution >= 0.6 is 11.6 Å². The minimum atomic E-state index is -1.65. The first-order valence-electron chi connectivity index (χ1n) is 16.0. The smallest absolute Gasteiger partial charge is 0.263 e. The van der Waals surface area contributed by atoms with Gasteiger partial charge in [-0.25, -0.2) is 14.4 Å². The summed E-state index contributed by atoms with van der Waals surface area (Å²) in [7, 11) is 0. The number of phenols is 1. The molecule has 2 N–H and O–H groups in total. The Kier molecular flexibility index (Phi) is 8.40. The van der Waals surface area contributed by atoms with E-state index in [0.29, 0.717) is 31.2 Å². The van der Waals surface area contributed by atoms with E-state index in [2.05, 4.69) is 20.2 Å². The van der Waals surface area contributed by atoms with Crippen molar-refractivity contribution >= 4 is 46.3 Å². The van der Waals surface area contributed by atoms with Gasteiger partial charge in [0.25, 0.3) is 5.56 Å². The lowest BCUT2D eigenvalue weighted by Crippen LogP contribution is -2.52. The van der Waals surface area contributed by atoms with Crippen molar-refractivity contribution in [2.75, 3.05) is 36.4 Å². The first-order valence-corrected chi connectivity index (χ1v) is 16.4. The van der Waals surface area contributed by atoms with Crippen molar-refractivity contribution < 1.29 is 27.9 Å². The van der Waals surface area contributed by atoms with E-state index in [1.54, 1.807) is 0 Å². The number of aldehydes is 1. The van der Waals surface area contributed by atoms with Crippen molar-refractivity contribution in [3.63, 3.8) is 0 Å². The Bertz CT molecular complexity index is 2030. The number of nitrogens with zero attached hydrogens (tertiary/aromatic N) is 6. The van der Waals surface area contributed by atoms with Gasteiger partial charge in [-0.3, -0.25) is 23.9 Å². The summed E-state index contributed by atoms with van der Waals surface area (Å²) in [4.78, 5) is 51.9. The second kappa shape index (κ2) is 12.5. The minimum absolute atomic E-state index is 0.00106. The number of aromatic hydroxyl groups is 1. The largest absolute Gasteiger partial charge is 0.504 e. The summed E-state index contributed by atoms with van der Waals surface area (Å²) >= 11 is 6.26. The number of carbonyl (C=O) groups is 2. The van der Waals surface area contributed by atoms with Gasteiger partial charge in [-0.1, -0.05) is 11.6 Å². The SMILES string of the molecule is CC1CN(CC2CC2)CCN1c1cc(NC(=O)Cn2cc(-c3cc(C=O)c(O)c(F)c3F)c3c(=O)n4c(nc32)CCCC4)c(Cl)c(F)n1. The molecule has 1 amide bonds. The minimum Gasteiger partial charge on any atom is -0.504 e.